The fourth-order valence-corrected chi connectivity index (χ4v) is 3.27. The van der Waals surface area contributed by atoms with Gasteiger partial charge in [0.1, 0.15) is 0 Å². The summed E-state index contributed by atoms with van der Waals surface area (Å²) in [4.78, 5) is 3.29. The fourth-order valence-electron chi connectivity index (χ4n) is 2.19. The van der Waals surface area contributed by atoms with Gasteiger partial charge in [0.25, 0.3) is 0 Å². The van der Waals surface area contributed by atoms with Gasteiger partial charge in [-0.15, -0.1) is 0 Å². The van der Waals surface area contributed by atoms with Crippen molar-refractivity contribution >= 4 is 10.8 Å². The SMILES string of the molecule is CC1(C)COCCN1CC[S@@](=O)c1ccccc1. The Hall–Kier alpha value is -0.710. The number of morpholine rings is 1. The van der Waals surface area contributed by atoms with Crippen LogP contribution in [0, 0.1) is 0 Å². The van der Waals surface area contributed by atoms with Crippen molar-refractivity contribution in [2.24, 2.45) is 0 Å². The van der Waals surface area contributed by atoms with Gasteiger partial charge >= 0.3 is 0 Å². The first-order valence-corrected chi connectivity index (χ1v) is 7.68. The molecule has 0 bridgehead atoms. The number of hydrogen-bond acceptors (Lipinski definition) is 3. The lowest BCUT2D eigenvalue weighted by Gasteiger charge is -2.42. The Balaban J connectivity index is 1.90. The molecule has 0 spiro atoms. The lowest BCUT2D eigenvalue weighted by atomic mass is 10.0. The molecule has 0 saturated carbocycles. The van der Waals surface area contributed by atoms with E-state index >= 15 is 0 Å². The van der Waals surface area contributed by atoms with Crippen LogP contribution < -0.4 is 0 Å². The third-order valence-corrected chi connectivity index (χ3v) is 4.72. The van der Waals surface area contributed by atoms with E-state index in [2.05, 4.69) is 18.7 Å². The lowest BCUT2D eigenvalue weighted by molar-refractivity contribution is -0.0477. The zero-order chi connectivity index (χ0) is 13.0. The van der Waals surface area contributed by atoms with Crippen LogP contribution in [0.2, 0.25) is 0 Å². The Labute approximate surface area is 112 Å². The van der Waals surface area contributed by atoms with E-state index in [1.807, 2.05) is 30.3 Å². The summed E-state index contributed by atoms with van der Waals surface area (Å²) in [5.74, 6) is 0.688. The van der Waals surface area contributed by atoms with Gasteiger partial charge in [-0.2, -0.15) is 0 Å². The summed E-state index contributed by atoms with van der Waals surface area (Å²) < 4.78 is 17.6. The quantitative estimate of drug-likeness (QED) is 0.834. The molecule has 1 saturated heterocycles. The van der Waals surface area contributed by atoms with Crippen LogP contribution in [0.1, 0.15) is 13.8 Å². The Morgan fingerprint density at radius 2 is 2.06 bits per heavy atom. The minimum Gasteiger partial charge on any atom is -0.378 e. The van der Waals surface area contributed by atoms with Crippen molar-refractivity contribution in [3.63, 3.8) is 0 Å². The largest absolute Gasteiger partial charge is 0.378 e. The molecular weight excluding hydrogens is 246 g/mol. The summed E-state index contributed by atoms with van der Waals surface area (Å²) in [6.45, 7) is 7.68. The molecule has 4 heteroatoms. The van der Waals surface area contributed by atoms with Crippen LogP contribution in [0.25, 0.3) is 0 Å². The molecule has 1 aliphatic heterocycles. The second-order valence-electron chi connectivity index (χ2n) is 5.21. The molecule has 1 aromatic carbocycles. The standard InChI is InChI=1S/C14H21NO2S/c1-14(2)12-17-10-8-15(14)9-11-18(16)13-6-4-3-5-7-13/h3-7H,8-12H2,1-2H3/t18-/m1/s1. The molecule has 18 heavy (non-hydrogen) atoms. The summed E-state index contributed by atoms with van der Waals surface area (Å²) >= 11 is 0. The highest BCUT2D eigenvalue weighted by atomic mass is 32.2. The van der Waals surface area contributed by atoms with E-state index in [0.717, 1.165) is 31.2 Å². The van der Waals surface area contributed by atoms with Crippen molar-refractivity contribution in [2.75, 3.05) is 32.1 Å². The summed E-state index contributed by atoms with van der Waals surface area (Å²) in [5.41, 5.74) is 0.0547. The molecule has 0 amide bonds. The van der Waals surface area contributed by atoms with Gasteiger partial charge in [-0.3, -0.25) is 9.11 Å². The predicted molar refractivity (Wildman–Crippen MR) is 74.2 cm³/mol. The van der Waals surface area contributed by atoms with Gasteiger partial charge in [0.2, 0.25) is 0 Å². The third kappa shape index (κ3) is 3.40. The van der Waals surface area contributed by atoms with Crippen LogP contribution in [-0.4, -0.2) is 46.7 Å². The summed E-state index contributed by atoms with van der Waals surface area (Å²) in [6.07, 6.45) is 0. The molecule has 0 radical (unpaired) electrons. The smallest absolute Gasteiger partial charge is 0.0645 e. The van der Waals surface area contributed by atoms with Crippen molar-refractivity contribution < 1.29 is 8.95 Å². The van der Waals surface area contributed by atoms with Gasteiger partial charge in [0.15, 0.2) is 0 Å². The van der Waals surface area contributed by atoms with E-state index in [4.69, 9.17) is 4.74 Å². The Morgan fingerprint density at radius 3 is 2.72 bits per heavy atom. The minimum absolute atomic E-state index is 0.0547. The molecule has 2 rings (SSSR count). The Morgan fingerprint density at radius 1 is 1.33 bits per heavy atom. The maximum Gasteiger partial charge on any atom is 0.0645 e. The van der Waals surface area contributed by atoms with Crippen molar-refractivity contribution in [3.05, 3.63) is 30.3 Å². The number of ether oxygens (including phenoxy) is 1. The summed E-state index contributed by atoms with van der Waals surface area (Å²) in [6, 6.07) is 9.69. The highest BCUT2D eigenvalue weighted by Gasteiger charge is 2.30. The van der Waals surface area contributed by atoms with Crippen LogP contribution in [0.3, 0.4) is 0 Å². The van der Waals surface area contributed by atoms with Gasteiger partial charge < -0.3 is 4.74 Å². The Kier molecular flexibility index (Phi) is 4.54. The van der Waals surface area contributed by atoms with E-state index < -0.39 is 10.8 Å². The molecule has 0 aromatic heterocycles. The Bertz CT molecular complexity index is 406. The molecule has 0 N–H and O–H groups in total. The van der Waals surface area contributed by atoms with Crippen molar-refractivity contribution in [2.45, 2.75) is 24.3 Å². The highest BCUT2D eigenvalue weighted by molar-refractivity contribution is 7.85. The monoisotopic (exact) mass is 267 g/mol. The topological polar surface area (TPSA) is 29.5 Å². The minimum atomic E-state index is -0.901. The fraction of sp³-hybridized carbons (Fsp3) is 0.571. The highest BCUT2D eigenvalue weighted by Crippen LogP contribution is 2.18. The van der Waals surface area contributed by atoms with Gasteiger partial charge in [-0.1, -0.05) is 18.2 Å². The van der Waals surface area contributed by atoms with E-state index in [9.17, 15) is 4.21 Å². The molecule has 1 aromatic rings. The molecule has 0 unspecified atom stereocenters. The average molecular weight is 267 g/mol. The van der Waals surface area contributed by atoms with Crippen LogP contribution in [0.5, 0.6) is 0 Å². The predicted octanol–water partition coefficient (Wildman–Crippen LogP) is 1.91. The van der Waals surface area contributed by atoms with Crippen molar-refractivity contribution in [1.82, 2.24) is 4.90 Å². The average Bonchev–Trinajstić information content (AvgIpc) is 2.38. The molecule has 100 valence electrons. The second kappa shape index (κ2) is 5.95. The molecular formula is C14H21NO2S. The number of hydrogen-bond donors (Lipinski definition) is 0. The molecule has 0 aliphatic carbocycles. The molecule has 1 atom stereocenters. The summed E-state index contributed by atoms with van der Waals surface area (Å²) in [7, 11) is -0.901. The van der Waals surface area contributed by atoms with Gasteiger partial charge in [-0.05, 0) is 26.0 Å². The molecule has 1 heterocycles. The molecule has 1 aliphatic rings. The molecule has 3 nitrogen and oxygen atoms in total. The van der Waals surface area contributed by atoms with E-state index in [1.54, 1.807) is 0 Å². The first-order valence-electron chi connectivity index (χ1n) is 6.36. The summed E-state index contributed by atoms with van der Waals surface area (Å²) in [5, 5.41) is 0. The van der Waals surface area contributed by atoms with Crippen LogP contribution in [0.15, 0.2) is 35.2 Å². The van der Waals surface area contributed by atoms with E-state index in [-0.39, 0.29) is 5.54 Å². The van der Waals surface area contributed by atoms with Gasteiger partial charge in [-0.25, -0.2) is 0 Å². The van der Waals surface area contributed by atoms with Crippen LogP contribution >= 0.6 is 0 Å². The normalized spacial score (nSPS) is 21.7. The number of benzene rings is 1. The van der Waals surface area contributed by atoms with Crippen molar-refractivity contribution in [3.8, 4) is 0 Å². The second-order valence-corrected chi connectivity index (χ2v) is 6.79. The first kappa shape index (κ1) is 13.7. The van der Waals surface area contributed by atoms with E-state index in [1.165, 1.54) is 0 Å². The maximum atomic E-state index is 12.2. The zero-order valence-electron chi connectivity index (χ0n) is 11.1. The lowest BCUT2D eigenvalue weighted by Crippen LogP contribution is -2.53. The maximum absolute atomic E-state index is 12.2. The number of rotatable bonds is 4. The molecule has 1 fully saturated rings. The van der Waals surface area contributed by atoms with E-state index in [0.29, 0.717) is 5.75 Å². The van der Waals surface area contributed by atoms with Crippen LogP contribution in [-0.2, 0) is 15.5 Å². The van der Waals surface area contributed by atoms with Crippen LogP contribution in [0.4, 0.5) is 0 Å². The zero-order valence-corrected chi connectivity index (χ0v) is 11.9. The number of nitrogens with zero attached hydrogens (tertiary/aromatic N) is 1. The van der Waals surface area contributed by atoms with Crippen molar-refractivity contribution in [1.29, 1.82) is 0 Å². The van der Waals surface area contributed by atoms with Gasteiger partial charge in [0, 0.05) is 29.3 Å². The first-order chi connectivity index (χ1) is 8.59. The third-order valence-electron chi connectivity index (χ3n) is 3.37. The van der Waals surface area contributed by atoms with Gasteiger partial charge in [0.05, 0.1) is 24.0 Å².